The highest BCUT2D eigenvalue weighted by Crippen LogP contribution is 2.28. The molecule has 8 heteroatoms. The molecule has 1 heterocycles. The third-order valence-electron chi connectivity index (χ3n) is 5.10. The van der Waals surface area contributed by atoms with Gasteiger partial charge in [0, 0.05) is 44.9 Å². The fraction of sp³-hybridized carbons (Fsp3) is 0.650. The molecule has 1 aliphatic heterocycles. The van der Waals surface area contributed by atoms with E-state index in [0.29, 0.717) is 13.2 Å². The molecule has 2 aliphatic rings. The lowest BCUT2D eigenvalue weighted by Gasteiger charge is -2.34. The normalized spacial score (nSPS) is 20.5. The molecule has 0 spiro atoms. The van der Waals surface area contributed by atoms with Gasteiger partial charge in [0.2, 0.25) is 0 Å². The molecule has 1 saturated carbocycles. The summed E-state index contributed by atoms with van der Waals surface area (Å²) in [6.07, 6.45) is 4.58. The molecule has 0 amide bonds. The first kappa shape index (κ1) is 23.3. The highest BCUT2D eigenvalue weighted by molar-refractivity contribution is 14.0. The van der Waals surface area contributed by atoms with Crippen molar-refractivity contribution in [1.29, 1.82) is 0 Å². The second-order valence-corrected chi connectivity index (χ2v) is 7.44. The number of hydrogen-bond donors (Lipinski definition) is 2. The Balaban J connectivity index is 0.00000280. The van der Waals surface area contributed by atoms with Crippen LogP contribution in [0.25, 0.3) is 0 Å². The number of likely N-dealkylation sites (tertiary alicyclic amines) is 1. The van der Waals surface area contributed by atoms with E-state index in [1.807, 2.05) is 0 Å². The minimum atomic E-state index is -0.478. The zero-order valence-corrected chi connectivity index (χ0v) is 18.8. The zero-order chi connectivity index (χ0) is 19.1. The molecule has 158 valence electrons. The van der Waals surface area contributed by atoms with Gasteiger partial charge in [-0.1, -0.05) is 6.07 Å². The Morgan fingerprint density at radius 3 is 2.68 bits per heavy atom. The number of ether oxygens (including phenoxy) is 1. The largest absolute Gasteiger partial charge is 0.379 e. The Morgan fingerprint density at radius 2 is 2.00 bits per heavy atom. The van der Waals surface area contributed by atoms with Gasteiger partial charge >= 0.3 is 0 Å². The van der Waals surface area contributed by atoms with Gasteiger partial charge in [-0.25, -0.2) is 8.78 Å². The summed E-state index contributed by atoms with van der Waals surface area (Å²) < 4.78 is 33.4. The molecular weight excluding hydrogens is 477 g/mol. The first-order valence-electron chi connectivity index (χ1n) is 9.86. The average molecular weight is 508 g/mol. The van der Waals surface area contributed by atoms with Crippen LogP contribution in [0.4, 0.5) is 8.78 Å². The van der Waals surface area contributed by atoms with Gasteiger partial charge < -0.3 is 15.4 Å². The number of piperidine rings is 1. The van der Waals surface area contributed by atoms with E-state index in [-0.39, 0.29) is 42.1 Å². The topological polar surface area (TPSA) is 48.9 Å². The van der Waals surface area contributed by atoms with Gasteiger partial charge in [-0.15, -0.1) is 24.0 Å². The summed E-state index contributed by atoms with van der Waals surface area (Å²) >= 11 is 0. The molecule has 0 bridgehead atoms. The second kappa shape index (κ2) is 11.9. The van der Waals surface area contributed by atoms with Crippen molar-refractivity contribution >= 4 is 29.9 Å². The van der Waals surface area contributed by atoms with E-state index < -0.39 is 11.6 Å². The van der Waals surface area contributed by atoms with E-state index in [9.17, 15) is 8.78 Å². The van der Waals surface area contributed by atoms with E-state index in [1.165, 1.54) is 31.0 Å². The highest BCUT2D eigenvalue weighted by atomic mass is 127. The van der Waals surface area contributed by atoms with Crippen LogP contribution in [-0.2, 0) is 11.3 Å². The number of nitrogens with one attached hydrogen (secondary N) is 2. The second-order valence-electron chi connectivity index (χ2n) is 7.44. The fourth-order valence-corrected chi connectivity index (χ4v) is 3.39. The lowest BCUT2D eigenvalue weighted by molar-refractivity contribution is 0.128. The molecular formula is C20H31F2IN4O. The molecule has 3 rings (SSSR count). The zero-order valence-electron chi connectivity index (χ0n) is 16.4. The molecule has 5 nitrogen and oxygen atoms in total. The van der Waals surface area contributed by atoms with Crippen molar-refractivity contribution in [2.45, 2.75) is 38.3 Å². The van der Waals surface area contributed by atoms with E-state index in [2.05, 4.69) is 20.5 Å². The van der Waals surface area contributed by atoms with E-state index in [1.54, 1.807) is 7.05 Å². The van der Waals surface area contributed by atoms with Gasteiger partial charge in [-0.3, -0.25) is 9.89 Å². The molecule has 1 atom stereocenters. The van der Waals surface area contributed by atoms with Crippen molar-refractivity contribution in [3.63, 3.8) is 0 Å². The Hall–Kier alpha value is -1.000. The van der Waals surface area contributed by atoms with E-state index in [4.69, 9.17) is 4.74 Å². The number of rotatable bonds is 8. The first-order valence-corrected chi connectivity index (χ1v) is 9.86. The van der Waals surface area contributed by atoms with Gasteiger partial charge in [-0.2, -0.15) is 0 Å². The summed E-state index contributed by atoms with van der Waals surface area (Å²) in [5, 5.41) is 6.69. The maximum Gasteiger partial charge on any atom is 0.191 e. The Kier molecular flexibility index (Phi) is 9.87. The lowest BCUT2D eigenvalue weighted by Crippen LogP contribution is -2.51. The predicted molar refractivity (Wildman–Crippen MR) is 118 cm³/mol. The van der Waals surface area contributed by atoms with Gasteiger partial charge in [0.1, 0.15) is 11.6 Å². The average Bonchev–Trinajstić information content (AvgIpc) is 3.48. The van der Waals surface area contributed by atoms with Crippen LogP contribution in [-0.4, -0.2) is 56.8 Å². The number of hydrogen-bond acceptors (Lipinski definition) is 3. The van der Waals surface area contributed by atoms with Crippen LogP contribution in [0.2, 0.25) is 0 Å². The Labute approximate surface area is 183 Å². The summed E-state index contributed by atoms with van der Waals surface area (Å²) in [6.45, 7) is 4.10. The van der Waals surface area contributed by atoms with Crippen LogP contribution in [0, 0.1) is 17.6 Å². The maximum absolute atomic E-state index is 13.9. The van der Waals surface area contributed by atoms with E-state index >= 15 is 0 Å². The minimum Gasteiger partial charge on any atom is -0.379 e. The first-order chi connectivity index (χ1) is 13.2. The number of nitrogens with zero attached hydrogens (tertiary/aromatic N) is 2. The Bertz CT molecular complexity index is 622. The van der Waals surface area contributed by atoms with Crippen molar-refractivity contribution < 1.29 is 13.5 Å². The predicted octanol–water partition coefficient (Wildman–Crippen LogP) is 3.14. The quantitative estimate of drug-likeness (QED) is 0.245. The van der Waals surface area contributed by atoms with Crippen LogP contribution >= 0.6 is 24.0 Å². The molecule has 1 aromatic rings. The fourth-order valence-electron chi connectivity index (χ4n) is 3.39. The summed E-state index contributed by atoms with van der Waals surface area (Å²) in [5.41, 5.74) is 0.147. The van der Waals surface area contributed by atoms with Gasteiger partial charge in [0.25, 0.3) is 0 Å². The maximum atomic E-state index is 13.9. The Morgan fingerprint density at radius 1 is 1.25 bits per heavy atom. The minimum absolute atomic E-state index is 0. The van der Waals surface area contributed by atoms with Crippen molar-refractivity contribution in [2.24, 2.45) is 10.9 Å². The molecule has 1 aliphatic carbocycles. The van der Waals surface area contributed by atoms with Crippen LogP contribution in [0.15, 0.2) is 23.2 Å². The number of benzene rings is 1. The molecule has 28 heavy (non-hydrogen) atoms. The molecule has 2 N–H and O–H groups in total. The smallest absolute Gasteiger partial charge is 0.191 e. The van der Waals surface area contributed by atoms with Crippen LogP contribution in [0.1, 0.15) is 31.2 Å². The van der Waals surface area contributed by atoms with Crippen molar-refractivity contribution in [1.82, 2.24) is 15.5 Å². The van der Waals surface area contributed by atoms with E-state index in [0.717, 1.165) is 44.4 Å². The molecule has 2 fully saturated rings. The van der Waals surface area contributed by atoms with Crippen molar-refractivity contribution in [3.05, 3.63) is 35.4 Å². The summed E-state index contributed by atoms with van der Waals surface area (Å²) in [7, 11) is 1.75. The van der Waals surface area contributed by atoms with Crippen molar-refractivity contribution in [3.8, 4) is 0 Å². The molecule has 1 unspecified atom stereocenters. The lowest BCUT2D eigenvalue weighted by atomic mass is 10.0. The summed E-state index contributed by atoms with van der Waals surface area (Å²) in [4.78, 5) is 6.36. The van der Waals surface area contributed by atoms with Gasteiger partial charge in [-0.05, 0) is 50.3 Å². The highest BCUT2D eigenvalue weighted by Gasteiger charge is 2.23. The summed E-state index contributed by atoms with van der Waals surface area (Å²) in [5.74, 6) is 0.561. The van der Waals surface area contributed by atoms with Crippen LogP contribution in [0.3, 0.4) is 0 Å². The van der Waals surface area contributed by atoms with Gasteiger partial charge in [0.05, 0.1) is 6.61 Å². The standard InChI is InChI=1S/C20H30F2N4O.HI/c1-23-20(24-9-11-27-14-15-7-8-15)25-16-4-3-10-26(12-16)13-17-18(21)5-2-6-19(17)22;/h2,5-6,15-16H,3-4,7-14H2,1H3,(H2,23,24,25);1H. The third-order valence-corrected chi connectivity index (χ3v) is 5.10. The number of halogens is 3. The summed E-state index contributed by atoms with van der Waals surface area (Å²) in [6, 6.07) is 4.23. The van der Waals surface area contributed by atoms with Crippen molar-refractivity contribution in [2.75, 3.05) is 39.9 Å². The number of aliphatic imine (C=N–C) groups is 1. The molecule has 0 aromatic heterocycles. The SMILES string of the molecule is CN=C(NCCOCC1CC1)NC1CCCN(Cc2c(F)cccc2F)C1.I. The number of guanidine groups is 1. The van der Waals surface area contributed by atoms with Gasteiger partial charge in [0.15, 0.2) is 5.96 Å². The molecule has 1 aromatic carbocycles. The molecule has 1 saturated heterocycles. The third kappa shape index (κ3) is 7.44. The monoisotopic (exact) mass is 508 g/mol. The van der Waals surface area contributed by atoms with Crippen LogP contribution in [0.5, 0.6) is 0 Å². The molecule has 0 radical (unpaired) electrons. The van der Waals surface area contributed by atoms with Crippen LogP contribution < -0.4 is 10.6 Å².